The van der Waals surface area contributed by atoms with Crippen molar-refractivity contribution in [1.82, 2.24) is 9.55 Å². The number of ketones is 1. The largest absolute Gasteiger partial charge is 0.461 e. The molecule has 2 heterocycles. The highest BCUT2D eigenvalue weighted by molar-refractivity contribution is 14.1. The fourth-order valence-corrected chi connectivity index (χ4v) is 1.68. The first kappa shape index (κ1) is 11.1. The first-order valence-electron chi connectivity index (χ1n) is 4.45. The molecule has 2 aromatic heterocycles. The van der Waals surface area contributed by atoms with E-state index in [0.717, 1.165) is 0 Å². The van der Waals surface area contributed by atoms with Crippen molar-refractivity contribution in [3.63, 3.8) is 0 Å². The highest BCUT2D eigenvalue weighted by Gasteiger charge is 2.11. The van der Waals surface area contributed by atoms with E-state index in [1.807, 2.05) is 22.6 Å². The van der Waals surface area contributed by atoms with E-state index in [1.165, 1.54) is 23.4 Å². The van der Waals surface area contributed by atoms with Crippen molar-refractivity contribution in [3.05, 3.63) is 50.6 Å². The molecule has 16 heavy (non-hydrogen) atoms. The molecule has 0 saturated carbocycles. The van der Waals surface area contributed by atoms with Gasteiger partial charge in [0.15, 0.2) is 5.76 Å². The van der Waals surface area contributed by atoms with Crippen LogP contribution in [-0.2, 0) is 6.54 Å². The normalized spacial score (nSPS) is 10.3. The van der Waals surface area contributed by atoms with Crippen molar-refractivity contribution in [2.24, 2.45) is 0 Å². The van der Waals surface area contributed by atoms with Gasteiger partial charge in [0.05, 0.1) is 22.7 Å². The lowest BCUT2D eigenvalue weighted by molar-refractivity contribution is 0.0943. The third-order valence-corrected chi connectivity index (χ3v) is 2.71. The predicted molar refractivity (Wildman–Crippen MR) is 64.3 cm³/mol. The van der Waals surface area contributed by atoms with Crippen molar-refractivity contribution >= 4 is 28.4 Å². The summed E-state index contributed by atoms with van der Waals surface area (Å²) < 4.78 is 6.69. The van der Waals surface area contributed by atoms with Crippen LogP contribution in [0.2, 0.25) is 0 Å². The number of hydrogen-bond acceptors (Lipinski definition) is 4. The maximum atomic E-state index is 11.7. The monoisotopic (exact) mass is 330 g/mol. The average molecular weight is 330 g/mol. The van der Waals surface area contributed by atoms with Crippen LogP contribution >= 0.6 is 22.6 Å². The summed E-state index contributed by atoms with van der Waals surface area (Å²) in [6.45, 7) is -0.0593. The van der Waals surface area contributed by atoms with Crippen LogP contribution in [0.25, 0.3) is 0 Å². The average Bonchev–Trinajstić information content (AvgIpc) is 2.78. The molecule has 0 atom stereocenters. The van der Waals surface area contributed by atoms with E-state index in [1.54, 1.807) is 12.1 Å². The molecule has 0 fully saturated rings. The van der Waals surface area contributed by atoms with Crippen LogP contribution in [0.15, 0.2) is 40.1 Å². The minimum atomic E-state index is -0.254. The number of rotatable bonds is 3. The third-order valence-electron chi connectivity index (χ3n) is 1.97. The third kappa shape index (κ3) is 2.21. The molecule has 0 saturated heterocycles. The summed E-state index contributed by atoms with van der Waals surface area (Å²) in [4.78, 5) is 27.1. The highest BCUT2D eigenvalue weighted by Crippen LogP contribution is 2.02. The number of aromatic nitrogens is 2. The zero-order valence-electron chi connectivity index (χ0n) is 8.09. The van der Waals surface area contributed by atoms with Crippen molar-refractivity contribution in [3.8, 4) is 0 Å². The van der Waals surface area contributed by atoms with Gasteiger partial charge in [-0.1, -0.05) is 0 Å². The van der Waals surface area contributed by atoms with E-state index in [9.17, 15) is 9.59 Å². The number of furan rings is 1. The van der Waals surface area contributed by atoms with Crippen molar-refractivity contribution in [1.29, 1.82) is 0 Å². The van der Waals surface area contributed by atoms with Crippen LogP contribution < -0.4 is 5.56 Å². The zero-order chi connectivity index (χ0) is 11.5. The standard InChI is InChI=1S/C10H7IN2O3/c11-7-4-12-6-13(10(7)15)5-8(14)9-2-1-3-16-9/h1-4,6H,5H2. The molecule has 0 aliphatic carbocycles. The Bertz CT molecular complexity index is 560. The first-order chi connectivity index (χ1) is 7.68. The van der Waals surface area contributed by atoms with E-state index >= 15 is 0 Å². The highest BCUT2D eigenvalue weighted by atomic mass is 127. The Kier molecular flexibility index (Phi) is 3.18. The number of nitrogens with zero attached hydrogens (tertiary/aromatic N) is 2. The van der Waals surface area contributed by atoms with Gasteiger partial charge < -0.3 is 4.42 Å². The van der Waals surface area contributed by atoms with Crippen molar-refractivity contribution in [2.45, 2.75) is 6.54 Å². The van der Waals surface area contributed by atoms with E-state index in [-0.39, 0.29) is 23.6 Å². The number of carbonyl (C=O) groups is 1. The number of carbonyl (C=O) groups excluding carboxylic acids is 1. The summed E-state index contributed by atoms with van der Waals surface area (Å²) in [6, 6.07) is 3.19. The van der Waals surface area contributed by atoms with E-state index in [0.29, 0.717) is 3.57 Å². The SMILES string of the molecule is O=C(Cn1cncc(I)c1=O)c1ccco1. The van der Waals surface area contributed by atoms with Gasteiger partial charge in [-0.3, -0.25) is 14.2 Å². The molecule has 0 bridgehead atoms. The lowest BCUT2D eigenvalue weighted by Crippen LogP contribution is -2.26. The topological polar surface area (TPSA) is 65.1 Å². The summed E-state index contributed by atoms with van der Waals surface area (Å²) in [5, 5.41) is 0. The molecule has 0 aliphatic heterocycles. The summed E-state index contributed by atoms with van der Waals surface area (Å²) in [5.41, 5.74) is -0.226. The Morgan fingerprint density at radius 1 is 1.56 bits per heavy atom. The van der Waals surface area contributed by atoms with Crippen molar-refractivity contribution < 1.29 is 9.21 Å². The van der Waals surface area contributed by atoms with Crippen LogP contribution in [0.1, 0.15) is 10.6 Å². The fourth-order valence-electron chi connectivity index (χ4n) is 1.21. The van der Waals surface area contributed by atoms with Crippen LogP contribution in [0.4, 0.5) is 0 Å². The molecule has 0 unspecified atom stereocenters. The van der Waals surface area contributed by atoms with Crippen LogP contribution in [-0.4, -0.2) is 15.3 Å². The molecule has 6 heteroatoms. The van der Waals surface area contributed by atoms with E-state index in [2.05, 4.69) is 4.98 Å². The molecule has 2 aromatic rings. The number of hydrogen-bond donors (Lipinski definition) is 0. The van der Waals surface area contributed by atoms with Gasteiger partial charge >= 0.3 is 0 Å². The summed E-state index contributed by atoms with van der Waals surface area (Å²) >= 11 is 1.88. The number of Topliss-reactive ketones (excluding diaryl/α,β-unsaturated/α-hetero) is 1. The molecule has 2 rings (SSSR count). The van der Waals surface area contributed by atoms with Gasteiger partial charge in [-0.05, 0) is 34.7 Å². The lowest BCUT2D eigenvalue weighted by atomic mass is 10.3. The molecule has 5 nitrogen and oxygen atoms in total. The van der Waals surface area contributed by atoms with Gasteiger partial charge in [0.25, 0.3) is 5.56 Å². The molecule has 0 aromatic carbocycles. The molecular formula is C10H7IN2O3. The molecule has 0 N–H and O–H groups in total. The van der Waals surface area contributed by atoms with E-state index in [4.69, 9.17) is 4.42 Å². The van der Waals surface area contributed by atoms with Gasteiger partial charge in [-0.25, -0.2) is 4.98 Å². The maximum Gasteiger partial charge on any atom is 0.267 e. The number of halogens is 1. The molecule has 0 spiro atoms. The molecular weight excluding hydrogens is 323 g/mol. The van der Waals surface area contributed by atoms with Gasteiger partial charge in [0, 0.05) is 6.20 Å². The van der Waals surface area contributed by atoms with Gasteiger partial charge in [0.2, 0.25) is 5.78 Å². The summed E-state index contributed by atoms with van der Waals surface area (Å²) in [6.07, 6.45) is 4.21. The fraction of sp³-hybridized carbons (Fsp3) is 0.100. The predicted octanol–water partition coefficient (Wildman–Crippen LogP) is 1.32. The van der Waals surface area contributed by atoms with Gasteiger partial charge in [-0.2, -0.15) is 0 Å². The minimum Gasteiger partial charge on any atom is -0.461 e. The molecule has 0 amide bonds. The lowest BCUT2D eigenvalue weighted by Gasteiger charge is -2.02. The van der Waals surface area contributed by atoms with E-state index < -0.39 is 0 Å². The minimum absolute atomic E-state index is 0.0593. The molecule has 0 radical (unpaired) electrons. The first-order valence-corrected chi connectivity index (χ1v) is 5.53. The Balaban J connectivity index is 2.25. The smallest absolute Gasteiger partial charge is 0.267 e. The Morgan fingerprint density at radius 3 is 3.06 bits per heavy atom. The second kappa shape index (κ2) is 4.60. The van der Waals surface area contributed by atoms with Crippen molar-refractivity contribution in [2.75, 3.05) is 0 Å². The Hall–Kier alpha value is -1.44. The second-order valence-corrected chi connectivity index (χ2v) is 4.24. The second-order valence-electron chi connectivity index (χ2n) is 3.08. The van der Waals surface area contributed by atoms with Crippen LogP contribution in [0.3, 0.4) is 0 Å². The summed E-state index contributed by atoms with van der Waals surface area (Å²) in [5.74, 6) is -0.0124. The Labute approximate surface area is 104 Å². The molecule has 0 aliphatic rings. The maximum absolute atomic E-state index is 11.7. The van der Waals surface area contributed by atoms with Gasteiger partial charge in [-0.15, -0.1) is 0 Å². The Morgan fingerprint density at radius 2 is 2.38 bits per heavy atom. The van der Waals surface area contributed by atoms with Gasteiger partial charge in [0.1, 0.15) is 0 Å². The zero-order valence-corrected chi connectivity index (χ0v) is 10.2. The van der Waals surface area contributed by atoms with Crippen LogP contribution in [0.5, 0.6) is 0 Å². The summed E-state index contributed by atoms with van der Waals surface area (Å²) in [7, 11) is 0. The molecule has 82 valence electrons. The van der Waals surface area contributed by atoms with Crippen LogP contribution in [0, 0.1) is 3.57 Å². The quantitative estimate of drug-likeness (QED) is 0.629.